The molecule has 1 saturated heterocycles. The van der Waals surface area contributed by atoms with Crippen LogP contribution in [0.4, 0.5) is 0 Å². The minimum atomic E-state index is -1.01. The van der Waals surface area contributed by atoms with Gasteiger partial charge in [0.15, 0.2) is 5.69 Å². The van der Waals surface area contributed by atoms with Gasteiger partial charge in [-0.1, -0.05) is 18.2 Å². The molecule has 0 unspecified atom stereocenters. The molecule has 128 valence electrons. The second-order valence-electron chi connectivity index (χ2n) is 5.77. The maximum atomic E-state index is 11.5. The van der Waals surface area contributed by atoms with E-state index >= 15 is 0 Å². The second kappa shape index (κ2) is 7.57. The van der Waals surface area contributed by atoms with E-state index in [1.165, 1.54) is 0 Å². The molecular formula is C17H21N3O4. The van der Waals surface area contributed by atoms with Gasteiger partial charge in [-0.05, 0) is 12.1 Å². The van der Waals surface area contributed by atoms with Crippen molar-refractivity contribution in [2.75, 3.05) is 33.4 Å². The van der Waals surface area contributed by atoms with Crippen molar-refractivity contribution >= 4 is 5.97 Å². The van der Waals surface area contributed by atoms with Crippen LogP contribution in [-0.2, 0) is 16.0 Å². The summed E-state index contributed by atoms with van der Waals surface area (Å²) < 4.78 is 12.4. The number of carboxylic acid groups (broad SMARTS) is 1. The molecule has 0 spiro atoms. The number of ether oxygens (including phenoxy) is 2. The minimum absolute atomic E-state index is 0.0150. The molecule has 0 bridgehead atoms. The van der Waals surface area contributed by atoms with E-state index in [0.29, 0.717) is 31.9 Å². The lowest BCUT2D eigenvalue weighted by molar-refractivity contribution is -0.0631. The normalized spacial score (nSPS) is 18.6. The number of morpholine rings is 1. The first kappa shape index (κ1) is 16.6. The maximum absolute atomic E-state index is 11.5. The number of rotatable bonds is 6. The predicted molar refractivity (Wildman–Crippen MR) is 87.4 cm³/mol. The standard InChI is InChI=1S/C17H21N3O4/c1-23-12-15-11-19(7-8-24-15)9-13-10-20(18-16(13)17(21)22)14-5-3-2-4-6-14/h2-6,10,15H,7-9,11-12H2,1H3,(H,21,22)/t15-/m0/s1. The van der Waals surface area contributed by atoms with Gasteiger partial charge in [-0.2, -0.15) is 5.10 Å². The van der Waals surface area contributed by atoms with Crippen molar-refractivity contribution in [2.45, 2.75) is 12.6 Å². The molecule has 0 aliphatic carbocycles. The predicted octanol–water partition coefficient (Wildman–Crippen LogP) is 1.42. The van der Waals surface area contributed by atoms with Crippen LogP contribution in [0.1, 0.15) is 16.1 Å². The number of para-hydroxylation sites is 1. The Labute approximate surface area is 140 Å². The topological polar surface area (TPSA) is 76.8 Å². The van der Waals surface area contributed by atoms with Crippen LogP contribution in [0.25, 0.3) is 5.69 Å². The number of aromatic carboxylic acids is 1. The molecule has 2 heterocycles. The molecule has 0 amide bonds. The molecule has 24 heavy (non-hydrogen) atoms. The van der Waals surface area contributed by atoms with Gasteiger partial charge >= 0.3 is 5.97 Å². The molecule has 2 aromatic rings. The van der Waals surface area contributed by atoms with Gasteiger partial charge < -0.3 is 14.6 Å². The summed E-state index contributed by atoms with van der Waals surface area (Å²) in [5, 5.41) is 13.7. The third kappa shape index (κ3) is 3.81. The number of methoxy groups -OCH3 is 1. The van der Waals surface area contributed by atoms with E-state index in [1.807, 2.05) is 30.3 Å². The van der Waals surface area contributed by atoms with Crippen LogP contribution in [0.15, 0.2) is 36.5 Å². The highest BCUT2D eigenvalue weighted by atomic mass is 16.5. The fourth-order valence-electron chi connectivity index (χ4n) is 2.87. The van der Waals surface area contributed by atoms with Crippen LogP contribution in [0, 0.1) is 0 Å². The zero-order chi connectivity index (χ0) is 16.9. The first-order valence-electron chi connectivity index (χ1n) is 7.87. The number of hydrogen-bond acceptors (Lipinski definition) is 5. The van der Waals surface area contributed by atoms with E-state index in [-0.39, 0.29) is 11.8 Å². The smallest absolute Gasteiger partial charge is 0.356 e. The average Bonchev–Trinajstić information content (AvgIpc) is 3.00. The second-order valence-corrected chi connectivity index (χ2v) is 5.77. The highest BCUT2D eigenvalue weighted by Crippen LogP contribution is 2.17. The van der Waals surface area contributed by atoms with E-state index in [1.54, 1.807) is 18.0 Å². The summed E-state index contributed by atoms with van der Waals surface area (Å²) in [7, 11) is 1.65. The highest BCUT2D eigenvalue weighted by molar-refractivity contribution is 5.87. The lowest BCUT2D eigenvalue weighted by atomic mass is 10.2. The van der Waals surface area contributed by atoms with Crippen molar-refractivity contribution in [3.8, 4) is 5.69 Å². The molecule has 1 atom stereocenters. The quantitative estimate of drug-likeness (QED) is 0.863. The third-order valence-electron chi connectivity index (χ3n) is 3.98. The van der Waals surface area contributed by atoms with Crippen molar-refractivity contribution in [3.63, 3.8) is 0 Å². The Morgan fingerprint density at radius 3 is 2.92 bits per heavy atom. The Kier molecular flexibility index (Phi) is 5.24. The van der Waals surface area contributed by atoms with Gasteiger partial charge in [0, 0.05) is 38.5 Å². The van der Waals surface area contributed by atoms with Gasteiger partial charge in [0.05, 0.1) is 25.0 Å². The zero-order valence-electron chi connectivity index (χ0n) is 13.6. The van der Waals surface area contributed by atoms with Gasteiger partial charge in [0.2, 0.25) is 0 Å². The Balaban J connectivity index is 1.79. The SMILES string of the molecule is COC[C@@H]1CN(Cc2cn(-c3ccccc3)nc2C(=O)O)CCO1. The summed E-state index contributed by atoms with van der Waals surface area (Å²) in [5.41, 5.74) is 1.63. The van der Waals surface area contributed by atoms with Crippen molar-refractivity contribution in [1.82, 2.24) is 14.7 Å². The van der Waals surface area contributed by atoms with E-state index in [0.717, 1.165) is 12.2 Å². The molecule has 0 radical (unpaired) electrons. The molecule has 1 fully saturated rings. The molecule has 1 aliphatic rings. The van der Waals surface area contributed by atoms with Crippen LogP contribution in [0.3, 0.4) is 0 Å². The van der Waals surface area contributed by atoms with E-state index in [2.05, 4.69) is 10.00 Å². The van der Waals surface area contributed by atoms with Crippen LogP contribution < -0.4 is 0 Å². The lowest BCUT2D eigenvalue weighted by Crippen LogP contribution is -2.43. The van der Waals surface area contributed by atoms with Crippen LogP contribution in [0.2, 0.25) is 0 Å². The molecule has 3 rings (SSSR count). The monoisotopic (exact) mass is 331 g/mol. The molecule has 1 aliphatic heterocycles. The first-order valence-corrected chi connectivity index (χ1v) is 7.87. The Hall–Kier alpha value is -2.22. The zero-order valence-corrected chi connectivity index (χ0v) is 13.6. The molecule has 1 N–H and O–H groups in total. The fraction of sp³-hybridized carbons (Fsp3) is 0.412. The molecule has 1 aromatic carbocycles. The van der Waals surface area contributed by atoms with E-state index < -0.39 is 5.97 Å². The Morgan fingerprint density at radius 1 is 1.42 bits per heavy atom. The van der Waals surface area contributed by atoms with Crippen LogP contribution in [-0.4, -0.2) is 65.3 Å². The summed E-state index contributed by atoms with van der Waals surface area (Å²) in [6.45, 7) is 3.14. The van der Waals surface area contributed by atoms with Crippen molar-refractivity contribution in [1.29, 1.82) is 0 Å². The third-order valence-corrected chi connectivity index (χ3v) is 3.98. The van der Waals surface area contributed by atoms with Crippen molar-refractivity contribution < 1.29 is 19.4 Å². The number of carbonyl (C=O) groups is 1. The van der Waals surface area contributed by atoms with E-state index in [4.69, 9.17) is 9.47 Å². The molecule has 7 nitrogen and oxygen atoms in total. The van der Waals surface area contributed by atoms with Gasteiger partial charge in [-0.25, -0.2) is 9.48 Å². The Bertz CT molecular complexity index is 684. The Morgan fingerprint density at radius 2 is 2.21 bits per heavy atom. The summed E-state index contributed by atoms with van der Waals surface area (Å²) >= 11 is 0. The first-order chi connectivity index (χ1) is 11.7. The van der Waals surface area contributed by atoms with Gasteiger partial charge in [-0.3, -0.25) is 4.90 Å². The van der Waals surface area contributed by atoms with Crippen LogP contribution in [0.5, 0.6) is 0 Å². The van der Waals surface area contributed by atoms with Crippen molar-refractivity contribution in [3.05, 3.63) is 47.8 Å². The van der Waals surface area contributed by atoms with E-state index in [9.17, 15) is 9.90 Å². The number of benzene rings is 1. The van der Waals surface area contributed by atoms with Crippen molar-refractivity contribution in [2.24, 2.45) is 0 Å². The lowest BCUT2D eigenvalue weighted by Gasteiger charge is -2.32. The summed E-state index contributed by atoms with van der Waals surface area (Å²) in [5.74, 6) is -1.01. The summed E-state index contributed by atoms with van der Waals surface area (Å²) in [6, 6.07) is 9.50. The average molecular weight is 331 g/mol. The van der Waals surface area contributed by atoms with Gasteiger partial charge in [-0.15, -0.1) is 0 Å². The maximum Gasteiger partial charge on any atom is 0.356 e. The molecule has 7 heteroatoms. The van der Waals surface area contributed by atoms with Crippen LogP contribution >= 0.6 is 0 Å². The number of aromatic nitrogens is 2. The number of nitrogens with zero attached hydrogens (tertiary/aromatic N) is 3. The number of hydrogen-bond donors (Lipinski definition) is 1. The molecular weight excluding hydrogens is 310 g/mol. The summed E-state index contributed by atoms with van der Waals surface area (Å²) in [6.07, 6.45) is 1.81. The van der Waals surface area contributed by atoms with Gasteiger partial charge in [0.1, 0.15) is 0 Å². The van der Waals surface area contributed by atoms with Gasteiger partial charge in [0.25, 0.3) is 0 Å². The number of carboxylic acids is 1. The summed E-state index contributed by atoms with van der Waals surface area (Å²) in [4.78, 5) is 13.7. The minimum Gasteiger partial charge on any atom is -0.476 e. The highest BCUT2D eigenvalue weighted by Gasteiger charge is 2.24. The molecule has 0 saturated carbocycles. The largest absolute Gasteiger partial charge is 0.476 e. The molecule has 1 aromatic heterocycles. The fourth-order valence-corrected chi connectivity index (χ4v) is 2.87.